The van der Waals surface area contributed by atoms with Gasteiger partial charge in [0, 0.05) is 18.0 Å². The Kier molecular flexibility index (Phi) is 6.82. The molecule has 6 heteroatoms. The number of carbonyl (C=O) groups is 2. The highest BCUT2D eigenvalue weighted by Crippen LogP contribution is 2.38. The number of benzene rings is 2. The van der Waals surface area contributed by atoms with Crippen LogP contribution in [-0.2, 0) is 26.3 Å². The first-order chi connectivity index (χ1) is 15.0. The van der Waals surface area contributed by atoms with E-state index in [9.17, 15) is 18.4 Å². The fourth-order valence-corrected chi connectivity index (χ4v) is 4.00. The largest absolute Gasteiger partial charge is 0.463 e. The van der Waals surface area contributed by atoms with Gasteiger partial charge in [-0.3, -0.25) is 4.79 Å². The van der Waals surface area contributed by atoms with E-state index in [1.165, 1.54) is 11.0 Å². The van der Waals surface area contributed by atoms with Gasteiger partial charge >= 0.3 is 5.97 Å². The van der Waals surface area contributed by atoms with Crippen molar-refractivity contribution in [3.63, 3.8) is 0 Å². The van der Waals surface area contributed by atoms with Crippen LogP contribution in [0.1, 0.15) is 63.6 Å². The summed E-state index contributed by atoms with van der Waals surface area (Å²) in [6, 6.07) is 11.5. The second-order valence-electron chi connectivity index (χ2n) is 9.08. The van der Waals surface area contributed by atoms with Gasteiger partial charge in [0.05, 0.1) is 18.7 Å². The minimum Gasteiger partial charge on any atom is -0.463 e. The summed E-state index contributed by atoms with van der Waals surface area (Å²) in [5.41, 5.74) is 3.32. The number of carbonyl (C=O) groups excluding carboxylic acids is 2. The lowest BCUT2D eigenvalue weighted by Gasteiger charge is -2.34. The molecule has 1 heterocycles. The van der Waals surface area contributed by atoms with E-state index >= 15 is 0 Å². The van der Waals surface area contributed by atoms with E-state index in [0.717, 1.165) is 23.3 Å². The van der Waals surface area contributed by atoms with Crippen molar-refractivity contribution >= 4 is 11.9 Å². The average molecular weight is 442 g/mol. The lowest BCUT2D eigenvalue weighted by atomic mass is 9.81. The van der Waals surface area contributed by atoms with E-state index < -0.39 is 23.5 Å². The van der Waals surface area contributed by atoms with Gasteiger partial charge < -0.3 is 9.64 Å². The SMILES string of the molecule is CCOC(=O)C1=C(C)N(Cc2ccc(F)c(F)c2)C(=O)CC1c1ccc(C(C)(C)C)cc1. The smallest absolute Gasteiger partial charge is 0.336 e. The van der Waals surface area contributed by atoms with Crippen LogP contribution < -0.4 is 0 Å². The molecule has 0 saturated carbocycles. The number of esters is 1. The maximum absolute atomic E-state index is 13.7. The molecule has 3 rings (SSSR count). The molecule has 0 radical (unpaired) electrons. The molecule has 0 fully saturated rings. The molecule has 32 heavy (non-hydrogen) atoms. The summed E-state index contributed by atoms with van der Waals surface area (Å²) in [5, 5.41) is 0. The van der Waals surface area contributed by atoms with Gasteiger partial charge in [0.2, 0.25) is 5.91 Å². The molecule has 0 spiro atoms. The maximum atomic E-state index is 13.7. The van der Waals surface area contributed by atoms with Gasteiger partial charge in [0.1, 0.15) is 0 Å². The predicted octanol–water partition coefficient (Wildman–Crippen LogP) is 5.62. The van der Waals surface area contributed by atoms with Crippen molar-refractivity contribution in [2.45, 2.75) is 58.9 Å². The molecular weight excluding hydrogens is 412 g/mol. The van der Waals surface area contributed by atoms with E-state index in [2.05, 4.69) is 20.8 Å². The highest BCUT2D eigenvalue weighted by atomic mass is 19.2. The third-order valence-electron chi connectivity index (χ3n) is 5.82. The highest BCUT2D eigenvalue weighted by molar-refractivity contribution is 5.95. The third-order valence-corrected chi connectivity index (χ3v) is 5.82. The molecule has 1 aliphatic rings. The van der Waals surface area contributed by atoms with Crippen LogP contribution in [0.5, 0.6) is 0 Å². The number of hydrogen-bond acceptors (Lipinski definition) is 3. The summed E-state index contributed by atoms with van der Waals surface area (Å²) in [7, 11) is 0. The molecule has 1 unspecified atom stereocenters. The van der Waals surface area contributed by atoms with Crippen LogP contribution in [0.3, 0.4) is 0 Å². The van der Waals surface area contributed by atoms with Crippen molar-refractivity contribution in [3.05, 3.63) is 82.1 Å². The number of amides is 1. The minimum absolute atomic E-state index is 0.0160. The summed E-state index contributed by atoms with van der Waals surface area (Å²) in [5.74, 6) is -3.02. The van der Waals surface area contributed by atoms with Gasteiger partial charge in [-0.25, -0.2) is 13.6 Å². The standard InChI is InChI=1S/C26H29F2NO3/c1-6-32-25(31)24-16(2)29(15-17-7-12-21(27)22(28)13-17)23(30)14-20(24)18-8-10-19(11-9-18)26(3,4)5/h7-13,20H,6,14-15H2,1-5H3. The second kappa shape index (κ2) is 9.23. The zero-order chi connectivity index (χ0) is 23.6. The molecule has 1 aliphatic heterocycles. The summed E-state index contributed by atoms with van der Waals surface area (Å²) < 4.78 is 32.3. The lowest BCUT2D eigenvalue weighted by molar-refractivity contribution is -0.140. The Morgan fingerprint density at radius 1 is 1.09 bits per heavy atom. The van der Waals surface area contributed by atoms with Crippen LogP contribution in [0.4, 0.5) is 8.78 Å². The molecule has 170 valence electrons. The zero-order valence-corrected chi connectivity index (χ0v) is 19.2. The molecule has 4 nitrogen and oxygen atoms in total. The predicted molar refractivity (Wildman–Crippen MR) is 119 cm³/mol. The first kappa shape index (κ1) is 23.6. The van der Waals surface area contributed by atoms with Crippen molar-refractivity contribution in [2.75, 3.05) is 6.61 Å². The minimum atomic E-state index is -0.976. The van der Waals surface area contributed by atoms with E-state index in [-0.39, 0.29) is 30.9 Å². The van der Waals surface area contributed by atoms with Crippen molar-refractivity contribution in [2.24, 2.45) is 0 Å². The number of nitrogens with zero attached hydrogens (tertiary/aromatic N) is 1. The number of ether oxygens (including phenoxy) is 1. The van der Waals surface area contributed by atoms with Crippen molar-refractivity contribution in [1.29, 1.82) is 0 Å². The Bertz CT molecular complexity index is 1050. The summed E-state index contributed by atoms with van der Waals surface area (Å²) in [6.45, 7) is 10.0. The zero-order valence-electron chi connectivity index (χ0n) is 19.2. The number of halogens is 2. The van der Waals surface area contributed by atoms with Gasteiger partial charge in [-0.1, -0.05) is 51.1 Å². The molecule has 0 bridgehead atoms. The third kappa shape index (κ3) is 4.90. The van der Waals surface area contributed by atoms with E-state index in [0.29, 0.717) is 16.8 Å². The molecule has 0 saturated heterocycles. The second-order valence-corrected chi connectivity index (χ2v) is 9.08. The molecule has 2 aromatic rings. The Hall–Kier alpha value is -3.02. The summed E-state index contributed by atoms with van der Waals surface area (Å²) >= 11 is 0. The van der Waals surface area contributed by atoms with Gasteiger partial charge in [0.15, 0.2) is 11.6 Å². The van der Waals surface area contributed by atoms with Gasteiger partial charge in [-0.05, 0) is 48.1 Å². The molecule has 1 atom stereocenters. The van der Waals surface area contributed by atoms with Crippen LogP contribution >= 0.6 is 0 Å². The monoisotopic (exact) mass is 441 g/mol. The molecule has 0 aliphatic carbocycles. The van der Waals surface area contributed by atoms with Crippen LogP contribution in [0.25, 0.3) is 0 Å². The van der Waals surface area contributed by atoms with E-state index in [1.807, 2.05) is 24.3 Å². The molecule has 0 aromatic heterocycles. The van der Waals surface area contributed by atoms with Gasteiger partial charge in [-0.2, -0.15) is 0 Å². The van der Waals surface area contributed by atoms with Crippen molar-refractivity contribution < 1.29 is 23.1 Å². The topological polar surface area (TPSA) is 46.6 Å². The van der Waals surface area contributed by atoms with Crippen LogP contribution in [0.2, 0.25) is 0 Å². The van der Waals surface area contributed by atoms with Gasteiger partial charge in [-0.15, -0.1) is 0 Å². The van der Waals surface area contributed by atoms with Crippen LogP contribution in [0, 0.1) is 11.6 Å². The quantitative estimate of drug-likeness (QED) is 0.566. The van der Waals surface area contributed by atoms with Gasteiger partial charge in [0.25, 0.3) is 0 Å². The summed E-state index contributed by atoms with van der Waals surface area (Å²) in [6.07, 6.45) is 0.0873. The fraction of sp³-hybridized carbons (Fsp3) is 0.385. The normalized spacial score (nSPS) is 17.0. The Balaban J connectivity index is 2.01. The van der Waals surface area contributed by atoms with Crippen LogP contribution in [0.15, 0.2) is 53.7 Å². The van der Waals surface area contributed by atoms with Crippen LogP contribution in [-0.4, -0.2) is 23.4 Å². The number of rotatable bonds is 5. The first-order valence-corrected chi connectivity index (χ1v) is 10.8. The molecule has 0 N–H and O–H groups in total. The molecule has 1 amide bonds. The van der Waals surface area contributed by atoms with E-state index in [4.69, 9.17) is 4.74 Å². The van der Waals surface area contributed by atoms with Crippen molar-refractivity contribution in [1.82, 2.24) is 4.90 Å². The fourth-order valence-electron chi connectivity index (χ4n) is 4.00. The highest BCUT2D eigenvalue weighted by Gasteiger charge is 2.37. The number of allylic oxidation sites excluding steroid dienone is 1. The van der Waals surface area contributed by atoms with E-state index in [1.54, 1.807) is 13.8 Å². The number of hydrogen-bond donors (Lipinski definition) is 0. The Labute approximate surface area is 187 Å². The molecular formula is C26H29F2NO3. The maximum Gasteiger partial charge on any atom is 0.336 e. The lowest BCUT2D eigenvalue weighted by Crippen LogP contribution is -2.38. The van der Waals surface area contributed by atoms with Crippen molar-refractivity contribution in [3.8, 4) is 0 Å². The first-order valence-electron chi connectivity index (χ1n) is 10.8. The average Bonchev–Trinajstić information content (AvgIpc) is 2.72. The molecule has 2 aromatic carbocycles. The summed E-state index contributed by atoms with van der Waals surface area (Å²) in [4.78, 5) is 27.4. The Morgan fingerprint density at radius 3 is 2.31 bits per heavy atom. The Morgan fingerprint density at radius 2 is 1.75 bits per heavy atom.